The van der Waals surface area contributed by atoms with Crippen LogP contribution in [-0.4, -0.2) is 27.5 Å². The molecule has 220 valence electrons. The Hall–Kier alpha value is -3.39. The molecule has 0 unspecified atom stereocenters. The van der Waals surface area contributed by atoms with Crippen molar-refractivity contribution in [1.29, 1.82) is 0 Å². The third kappa shape index (κ3) is 5.54. The van der Waals surface area contributed by atoms with Crippen LogP contribution in [0.1, 0.15) is 21.9 Å². The van der Waals surface area contributed by atoms with Crippen molar-refractivity contribution >= 4 is 79.7 Å². The fourth-order valence-electron chi connectivity index (χ4n) is 5.25. The number of thioether (sulfide) groups is 1. The number of fused-ring (bicyclic) bond motifs is 2. The van der Waals surface area contributed by atoms with Gasteiger partial charge in [-0.05, 0) is 60.2 Å². The number of nitrogens with zero attached hydrogens (tertiary/aromatic N) is 2. The zero-order valence-electron chi connectivity index (χ0n) is 21.6. The summed E-state index contributed by atoms with van der Waals surface area (Å²) in [5.74, 6) is -3.09. The van der Waals surface area contributed by atoms with E-state index in [0.29, 0.717) is 26.2 Å². The number of hydrogen-bond donors (Lipinski definition) is 1. The van der Waals surface area contributed by atoms with E-state index in [-0.39, 0.29) is 5.69 Å². The zero-order valence-corrected chi connectivity index (χ0v) is 25.6. The third-order valence-electron chi connectivity index (χ3n) is 7.14. The first kappa shape index (κ1) is 29.7. The lowest BCUT2D eigenvalue weighted by molar-refractivity contribution is -0.137. The number of imide groups is 1. The molecule has 0 bridgehead atoms. The molecule has 1 saturated heterocycles. The van der Waals surface area contributed by atoms with Crippen molar-refractivity contribution in [3.63, 3.8) is 0 Å². The Morgan fingerprint density at radius 2 is 1.67 bits per heavy atom. The molecule has 0 radical (unpaired) electrons. The predicted octanol–water partition coefficient (Wildman–Crippen LogP) is 6.78. The molecule has 7 nitrogen and oxygen atoms in total. The minimum Gasteiger partial charge on any atom is -0.325 e. The van der Waals surface area contributed by atoms with Gasteiger partial charge in [0.15, 0.2) is 0 Å². The Morgan fingerprint density at radius 1 is 0.977 bits per heavy atom. The first-order valence-electron chi connectivity index (χ1n) is 12.7. The highest BCUT2D eigenvalue weighted by molar-refractivity contribution is 9.10. The number of anilines is 2. The minimum absolute atomic E-state index is 0.0763. The second kappa shape index (κ2) is 11.3. The molecule has 1 aromatic heterocycles. The van der Waals surface area contributed by atoms with E-state index in [1.54, 1.807) is 36.4 Å². The highest BCUT2D eigenvalue weighted by Gasteiger charge is 2.56. The molecule has 0 spiro atoms. The molecule has 43 heavy (non-hydrogen) atoms. The summed E-state index contributed by atoms with van der Waals surface area (Å²) >= 11 is 11.3. The Balaban J connectivity index is 1.37. The fraction of sp³-hybridized carbons (Fsp3) is 0.172. The maximum atomic E-state index is 13.9. The van der Waals surface area contributed by atoms with Gasteiger partial charge in [-0.25, -0.2) is 4.90 Å². The van der Waals surface area contributed by atoms with Gasteiger partial charge in [0.1, 0.15) is 11.8 Å². The normalized spacial score (nSPS) is 19.7. The van der Waals surface area contributed by atoms with Crippen molar-refractivity contribution in [1.82, 2.24) is 4.57 Å². The van der Waals surface area contributed by atoms with Crippen LogP contribution in [0.25, 0.3) is 0 Å². The molecule has 0 aliphatic carbocycles. The van der Waals surface area contributed by atoms with Gasteiger partial charge in [0.25, 0.3) is 0 Å². The molecule has 3 amide bonds. The van der Waals surface area contributed by atoms with Crippen molar-refractivity contribution in [2.24, 2.45) is 5.92 Å². The lowest BCUT2D eigenvalue weighted by atomic mass is 9.83. The summed E-state index contributed by atoms with van der Waals surface area (Å²) in [6, 6.07) is 17.7. The van der Waals surface area contributed by atoms with Gasteiger partial charge in [0, 0.05) is 26.0 Å². The zero-order chi connectivity index (χ0) is 30.6. The lowest BCUT2D eigenvalue weighted by Crippen LogP contribution is -2.33. The van der Waals surface area contributed by atoms with E-state index >= 15 is 0 Å². The van der Waals surface area contributed by atoms with Gasteiger partial charge >= 0.3 is 11.0 Å². The Kier molecular flexibility index (Phi) is 7.78. The molecule has 14 heteroatoms. The Morgan fingerprint density at radius 3 is 2.35 bits per heavy atom. The van der Waals surface area contributed by atoms with Crippen LogP contribution >= 0.6 is 50.6 Å². The summed E-state index contributed by atoms with van der Waals surface area (Å²) in [6.07, 6.45) is -4.59. The molecular weight excluding hydrogens is 691 g/mol. The van der Waals surface area contributed by atoms with Gasteiger partial charge in [-0.1, -0.05) is 68.8 Å². The highest BCUT2D eigenvalue weighted by Crippen LogP contribution is 2.54. The Bertz CT molecular complexity index is 1830. The molecule has 3 atom stereocenters. The third-order valence-corrected chi connectivity index (χ3v) is 10.5. The van der Waals surface area contributed by atoms with Crippen LogP contribution in [0.4, 0.5) is 24.5 Å². The largest absolute Gasteiger partial charge is 0.416 e. The van der Waals surface area contributed by atoms with Crippen molar-refractivity contribution in [3.05, 3.63) is 108 Å². The van der Waals surface area contributed by atoms with Crippen LogP contribution in [0, 0.1) is 5.92 Å². The molecule has 3 heterocycles. The van der Waals surface area contributed by atoms with Crippen LogP contribution in [0.2, 0.25) is 5.02 Å². The van der Waals surface area contributed by atoms with E-state index < -0.39 is 58.0 Å². The first-order valence-corrected chi connectivity index (χ1v) is 15.5. The average Bonchev–Trinajstić information content (AvgIpc) is 3.40. The number of halogens is 5. The van der Waals surface area contributed by atoms with Crippen LogP contribution in [0.5, 0.6) is 0 Å². The number of thiazole rings is 1. The van der Waals surface area contributed by atoms with Crippen molar-refractivity contribution in [2.75, 3.05) is 10.2 Å². The summed E-state index contributed by atoms with van der Waals surface area (Å²) in [6.45, 7) is -0.499. The lowest BCUT2D eigenvalue weighted by Gasteiger charge is -2.30. The summed E-state index contributed by atoms with van der Waals surface area (Å²) < 4.78 is 41.4. The van der Waals surface area contributed by atoms with Crippen molar-refractivity contribution < 1.29 is 27.6 Å². The number of hydrogen-bond acceptors (Lipinski definition) is 6. The summed E-state index contributed by atoms with van der Waals surface area (Å²) in [5, 5.41) is 2.34. The van der Waals surface area contributed by atoms with E-state index in [4.69, 9.17) is 11.6 Å². The molecule has 3 aromatic carbocycles. The fourth-order valence-corrected chi connectivity index (χ4v) is 8.41. The smallest absolute Gasteiger partial charge is 0.325 e. The number of amides is 3. The number of carbonyl (C=O) groups is 3. The quantitative estimate of drug-likeness (QED) is 0.231. The summed E-state index contributed by atoms with van der Waals surface area (Å²) in [7, 11) is 0. The minimum atomic E-state index is -4.59. The van der Waals surface area contributed by atoms with E-state index in [9.17, 15) is 32.3 Å². The molecule has 6 rings (SSSR count). The maximum absolute atomic E-state index is 13.9. The molecule has 2 aliphatic rings. The Labute approximate surface area is 263 Å². The second-order valence-corrected chi connectivity index (χ2v) is 13.3. The standard InChI is InChI=1S/C29H18BrClF3N3O4S2/c30-16-6-4-14(5-7-16)21-22-23(26(40)37(25(22)39)19-10-8-17(31)9-11-19)42-27-24(21)43-28(41)36(27)13-20(38)35-18-3-1-2-15(12-18)29(32,33)34/h1-12,21-23H,13H2,(H,35,38)/t21-,22-,23+/m0/s1. The number of nitrogens with one attached hydrogen (secondary N) is 1. The van der Waals surface area contributed by atoms with Gasteiger partial charge in [-0.15, -0.1) is 0 Å². The van der Waals surface area contributed by atoms with Crippen molar-refractivity contribution in [3.8, 4) is 0 Å². The number of aromatic nitrogens is 1. The average molecular weight is 709 g/mol. The topological polar surface area (TPSA) is 88.5 Å². The summed E-state index contributed by atoms with van der Waals surface area (Å²) in [5.41, 5.74) is 0.0717. The number of carbonyl (C=O) groups excluding carboxylic acids is 3. The van der Waals surface area contributed by atoms with Crippen LogP contribution in [0.15, 0.2) is 87.1 Å². The second-order valence-electron chi connectivity index (χ2n) is 9.83. The molecular formula is C29H18BrClF3N3O4S2. The molecule has 1 fully saturated rings. The SMILES string of the molecule is O=C(Cn1c2c(sc1=O)[C@@H](c1ccc(Br)cc1)[C@@H]1C(=O)N(c3ccc(Cl)cc3)C(=O)[C@@H]1S2)Nc1cccc(C(F)(F)F)c1. The van der Waals surface area contributed by atoms with Gasteiger partial charge in [-0.3, -0.25) is 23.7 Å². The van der Waals surface area contributed by atoms with E-state index in [1.165, 1.54) is 16.7 Å². The molecule has 2 aliphatic heterocycles. The molecule has 0 saturated carbocycles. The first-order chi connectivity index (χ1) is 20.4. The van der Waals surface area contributed by atoms with Crippen LogP contribution in [0.3, 0.4) is 0 Å². The van der Waals surface area contributed by atoms with E-state index in [0.717, 1.165) is 44.6 Å². The monoisotopic (exact) mass is 707 g/mol. The van der Waals surface area contributed by atoms with E-state index in [2.05, 4.69) is 21.2 Å². The maximum Gasteiger partial charge on any atom is 0.416 e. The van der Waals surface area contributed by atoms with Crippen molar-refractivity contribution in [2.45, 2.75) is 28.9 Å². The molecule has 4 aromatic rings. The van der Waals surface area contributed by atoms with E-state index in [1.807, 2.05) is 12.1 Å². The van der Waals surface area contributed by atoms with Gasteiger partial charge < -0.3 is 5.32 Å². The number of benzene rings is 3. The molecule has 1 N–H and O–H groups in total. The van der Waals surface area contributed by atoms with Gasteiger partial charge in [0.2, 0.25) is 17.7 Å². The van der Waals surface area contributed by atoms with Gasteiger partial charge in [-0.2, -0.15) is 13.2 Å². The van der Waals surface area contributed by atoms with Crippen LogP contribution in [-0.2, 0) is 27.1 Å². The summed E-state index contributed by atoms with van der Waals surface area (Å²) in [4.78, 5) is 55.0. The predicted molar refractivity (Wildman–Crippen MR) is 162 cm³/mol. The van der Waals surface area contributed by atoms with Gasteiger partial charge in [0.05, 0.1) is 22.2 Å². The number of rotatable bonds is 5. The highest BCUT2D eigenvalue weighted by atomic mass is 79.9. The van der Waals surface area contributed by atoms with Crippen LogP contribution < -0.4 is 15.1 Å². The number of alkyl halides is 3.